The molecule has 2 unspecified atom stereocenters. The monoisotopic (exact) mass is 410 g/mol. The lowest BCUT2D eigenvalue weighted by Crippen LogP contribution is -2.53. The lowest BCUT2D eigenvalue weighted by Gasteiger charge is -2.32. The van der Waals surface area contributed by atoms with Crippen LogP contribution in [0.4, 0.5) is 5.69 Å². The fourth-order valence-corrected chi connectivity index (χ4v) is 4.43. The van der Waals surface area contributed by atoms with Gasteiger partial charge in [0.2, 0.25) is 11.8 Å². The number of nitrogens with one attached hydrogen (secondary N) is 2. The van der Waals surface area contributed by atoms with E-state index in [1.54, 1.807) is 12.1 Å². The van der Waals surface area contributed by atoms with Crippen LogP contribution in [-0.4, -0.2) is 66.8 Å². The Labute approximate surface area is 162 Å². The van der Waals surface area contributed by atoms with Crippen molar-refractivity contribution in [1.82, 2.24) is 10.2 Å². The number of aliphatic hydroxyl groups excluding tert-OH is 1. The highest BCUT2D eigenvalue weighted by molar-refractivity contribution is 7.91. The summed E-state index contributed by atoms with van der Waals surface area (Å²) in [5.41, 5.74) is 6.21. The Morgan fingerprint density at radius 2 is 2.00 bits per heavy atom. The maximum absolute atomic E-state index is 12.8. The van der Waals surface area contributed by atoms with E-state index in [9.17, 15) is 27.9 Å². The number of hydrogen-bond acceptors (Lipinski definition) is 8. The molecule has 1 aromatic carbocycles. The van der Waals surface area contributed by atoms with E-state index >= 15 is 0 Å². The number of amides is 3. The molecule has 3 amide bonds. The molecule has 1 fully saturated rings. The molecule has 11 heteroatoms. The van der Waals surface area contributed by atoms with Gasteiger partial charge in [0, 0.05) is 36.3 Å². The number of carbonyl (C=O) groups excluding carboxylic acids is 3. The minimum Gasteiger partial charge on any atom is -0.384 e. The van der Waals surface area contributed by atoms with Gasteiger partial charge in [0.15, 0.2) is 16.1 Å². The molecule has 2 atom stereocenters. The number of fused-ring (bicyclic) bond motifs is 1. The van der Waals surface area contributed by atoms with Gasteiger partial charge in [-0.15, -0.1) is 0 Å². The third kappa shape index (κ3) is 3.86. The number of carbonyl (C=O) groups is 3. The van der Waals surface area contributed by atoms with Gasteiger partial charge in [0.25, 0.3) is 5.91 Å². The molecule has 1 saturated heterocycles. The molecule has 2 aliphatic rings. The third-order valence-corrected chi connectivity index (χ3v) is 6.48. The summed E-state index contributed by atoms with van der Waals surface area (Å²) in [6.45, 7) is 0.120. The molecule has 0 saturated carbocycles. The number of aliphatic hydroxyl groups is 1. The second-order valence-corrected chi connectivity index (χ2v) is 8.99. The highest BCUT2D eigenvalue weighted by atomic mass is 32.2. The van der Waals surface area contributed by atoms with Crippen molar-refractivity contribution < 1.29 is 27.9 Å². The summed E-state index contributed by atoms with van der Waals surface area (Å²) in [5.74, 6) is -1.82. The molecular weight excluding hydrogens is 388 g/mol. The van der Waals surface area contributed by atoms with Crippen molar-refractivity contribution in [1.29, 1.82) is 0 Å². The van der Waals surface area contributed by atoms with Gasteiger partial charge in [0.1, 0.15) is 6.04 Å². The molecule has 0 aromatic heterocycles. The summed E-state index contributed by atoms with van der Waals surface area (Å²) in [6.07, 6.45) is -1.18. The second-order valence-electron chi connectivity index (χ2n) is 6.69. The zero-order valence-corrected chi connectivity index (χ0v) is 15.9. The number of nitrogens with two attached hydrogens (primary N) is 1. The number of imide groups is 1. The van der Waals surface area contributed by atoms with Gasteiger partial charge < -0.3 is 16.2 Å². The molecule has 152 valence electrons. The largest absolute Gasteiger partial charge is 0.384 e. The molecule has 3 rings (SSSR count). The van der Waals surface area contributed by atoms with Gasteiger partial charge in [0.05, 0.1) is 11.5 Å². The Bertz CT molecular complexity index is 916. The summed E-state index contributed by atoms with van der Waals surface area (Å²) in [4.78, 5) is 37.3. The van der Waals surface area contributed by atoms with Gasteiger partial charge in [-0.3, -0.25) is 24.6 Å². The Morgan fingerprint density at radius 1 is 1.25 bits per heavy atom. The first-order valence-electron chi connectivity index (χ1n) is 8.87. The molecule has 0 radical (unpaired) electrons. The molecule has 28 heavy (non-hydrogen) atoms. The summed E-state index contributed by atoms with van der Waals surface area (Å²) in [6, 6.07) is 3.81. The van der Waals surface area contributed by atoms with Crippen molar-refractivity contribution in [3.8, 4) is 0 Å². The van der Waals surface area contributed by atoms with Gasteiger partial charge >= 0.3 is 0 Å². The first kappa shape index (κ1) is 20.2. The van der Waals surface area contributed by atoms with E-state index < -0.39 is 39.8 Å². The minimum atomic E-state index is -3.29. The quantitative estimate of drug-likeness (QED) is 0.405. The predicted octanol–water partition coefficient (Wildman–Crippen LogP) is -1.28. The normalized spacial score (nSPS) is 22.2. The standard InChI is InChI=1S/C17H22N4O6S/c18-6-8-28(26,27)9-7-19-11-3-1-2-10-14(11)17(25)21(16(10)24)12-4-5-13(22)20-15(12)23/h1-3,12,17,19,25H,4-9,18H2,(H,20,22,23). The summed E-state index contributed by atoms with van der Waals surface area (Å²) >= 11 is 0. The zero-order chi connectivity index (χ0) is 20.5. The average Bonchev–Trinajstić information content (AvgIpc) is 2.87. The molecule has 2 aliphatic heterocycles. The fourth-order valence-electron chi connectivity index (χ4n) is 3.46. The van der Waals surface area contributed by atoms with Gasteiger partial charge in [-0.05, 0) is 18.6 Å². The van der Waals surface area contributed by atoms with Crippen LogP contribution in [0.2, 0.25) is 0 Å². The lowest BCUT2D eigenvalue weighted by atomic mass is 10.0. The second kappa shape index (κ2) is 7.86. The molecule has 0 aliphatic carbocycles. The first-order valence-corrected chi connectivity index (χ1v) is 10.7. The minimum absolute atomic E-state index is 0.0389. The Balaban J connectivity index is 1.79. The van der Waals surface area contributed by atoms with E-state index in [2.05, 4.69) is 10.6 Å². The topological polar surface area (TPSA) is 159 Å². The van der Waals surface area contributed by atoms with Crippen LogP contribution in [0.1, 0.15) is 35.0 Å². The van der Waals surface area contributed by atoms with E-state index in [0.717, 1.165) is 4.90 Å². The van der Waals surface area contributed by atoms with Crippen LogP contribution in [-0.2, 0) is 19.4 Å². The van der Waals surface area contributed by atoms with Crippen LogP contribution in [0.5, 0.6) is 0 Å². The van der Waals surface area contributed by atoms with Crippen LogP contribution in [0, 0.1) is 0 Å². The van der Waals surface area contributed by atoms with Crippen LogP contribution in [0.15, 0.2) is 18.2 Å². The van der Waals surface area contributed by atoms with Crippen molar-refractivity contribution >= 4 is 33.2 Å². The number of benzene rings is 1. The van der Waals surface area contributed by atoms with Crippen LogP contribution in [0.25, 0.3) is 0 Å². The van der Waals surface area contributed by atoms with E-state index in [4.69, 9.17) is 5.73 Å². The molecule has 1 aromatic rings. The molecule has 0 spiro atoms. The lowest BCUT2D eigenvalue weighted by molar-refractivity contribution is -0.139. The van der Waals surface area contributed by atoms with Crippen LogP contribution in [0.3, 0.4) is 0 Å². The SMILES string of the molecule is NCCS(=O)(=O)CCNc1cccc2c1C(O)N(C1CCC(=O)NC1=O)C2=O. The Morgan fingerprint density at radius 3 is 2.68 bits per heavy atom. The molecular formula is C17H22N4O6S. The van der Waals surface area contributed by atoms with Crippen molar-refractivity contribution in [2.75, 3.05) is 29.9 Å². The summed E-state index contributed by atoms with van der Waals surface area (Å²) in [7, 11) is -3.29. The first-order chi connectivity index (χ1) is 13.2. The number of sulfone groups is 1. The summed E-state index contributed by atoms with van der Waals surface area (Å²) < 4.78 is 23.6. The van der Waals surface area contributed by atoms with Gasteiger partial charge in [-0.25, -0.2) is 8.42 Å². The average molecular weight is 410 g/mol. The van der Waals surface area contributed by atoms with E-state index in [-0.39, 0.29) is 48.6 Å². The number of hydrogen-bond donors (Lipinski definition) is 4. The molecule has 2 heterocycles. The number of nitrogens with zero attached hydrogens (tertiary/aromatic N) is 1. The number of anilines is 1. The maximum Gasteiger partial charge on any atom is 0.257 e. The van der Waals surface area contributed by atoms with Crippen LogP contribution >= 0.6 is 0 Å². The van der Waals surface area contributed by atoms with Crippen molar-refractivity contribution in [3.05, 3.63) is 29.3 Å². The van der Waals surface area contributed by atoms with E-state index in [1.807, 2.05) is 0 Å². The van der Waals surface area contributed by atoms with Gasteiger partial charge in [-0.2, -0.15) is 0 Å². The summed E-state index contributed by atoms with van der Waals surface area (Å²) in [5, 5.41) is 15.9. The predicted molar refractivity (Wildman–Crippen MR) is 99.9 cm³/mol. The maximum atomic E-state index is 12.8. The van der Waals surface area contributed by atoms with E-state index in [0.29, 0.717) is 5.69 Å². The van der Waals surface area contributed by atoms with Crippen molar-refractivity contribution in [3.63, 3.8) is 0 Å². The number of piperidine rings is 1. The molecule has 0 bridgehead atoms. The van der Waals surface area contributed by atoms with Gasteiger partial charge in [-0.1, -0.05) is 6.07 Å². The Kier molecular flexibility index (Phi) is 5.68. The van der Waals surface area contributed by atoms with Crippen molar-refractivity contribution in [2.45, 2.75) is 25.1 Å². The highest BCUT2D eigenvalue weighted by Crippen LogP contribution is 2.39. The van der Waals surface area contributed by atoms with Crippen LogP contribution < -0.4 is 16.4 Å². The smallest absolute Gasteiger partial charge is 0.257 e. The molecule has 10 nitrogen and oxygen atoms in total. The fraction of sp³-hybridized carbons (Fsp3) is 0.471. The Hall–Kier alpha value is -2.50. The highest BCUT2D eigenvalue weighted by Gasteiger charge is 2.45. The third-order valence-electron chi connectivity index (χ3n) is 4.80. The van der Waals surface area contributed by atoms with E-state index in [1.165, 1.54) is 6.07 Å². The zero-order valence-electron chi connectivity index (χ0n) is 15.1. The van der Waals surface area contributed by atoms with Crippen molar-refractivity contribution in [2.24, 2.45) is 5.73 Å². The number of rotatable bonds is 7. The molecule has 5 N–H and O–H groups in total.